The third kappa shape index (κ3) is 6.64. The zero-order valence-electron chi connectivity index (χ0n) is 16.0. The normalized spacial score (nSPS) is 17.6. The maximum absolute atomic E-state index is 5.42. The van der Waals surface area contributed by atoms with Crippen molar-refractivity contribution in [3.63, 3.8) is 0 Å². The molecule has 2 heterocycles. The lowest BCUT2D eigenvalue weighted by molar-refractivity contribution is 0.0323. The van der Waals surface area contributed by atoms with Gasteiger partial charge in [-0.05, 0) is 34.8 Å². The lowest BCUT2D eigenvalue weighted by atomic mass is 10.1. The third-order valence-corrected chi connectivity index (χ3v) is 4.83. The summed E-state index contributed by atoms with van der Waals surface area (Å²) < 4.78 is 8.67. The van der Waals surface area contributed by atoms with E-state index in [1.807, 2.05) is 0 Å². The molecule has 1 aromatic heterocycles. The first-order valence-corrected chi connectivity index (χ1v) is 9.89. The highest BCUT2D eigenvalue weighted by Gasteiger charge is 2.14. The first kappa shape index (κ1) is 20.3. The Kier molecular flexibility index (Phi) is 8.26. The van der Waals surface area contributed by atoms with E-state index in [0.717, 1.165) is 62.9 Å². The molecule has 25 heavy (non-hydrogen) atoms. The van der Waals surface area contributed by atoms with Crippen LogP contribution in [-0.4, -0.2) is 73.3 Å². The van der Waals surface area contributed by atoms with Crippen LogP contribution in [0.3, 0.4) is 0 Å². The van der Waals surface area contributed by atoms with E-state index in [1.165, 1.54) is 5.69 Å². The number of ether oxygens (including phenoxy) is 1. The van der Waals surface area contributed by atoms with Gasteiger partial charge >= 0.3 is 0 Å². The second-order valence-electron chi connectivity index (χ2n) is 6.83. The van der Waals surface area contributed by atoms with E-state index in [1.54, 1.807) is 0 Å². The first-order valence-electron chi connectivity index (χ1n) is 9.10. The number of halogens is 1. The van der Waals surface area contributed by atoms with Gasteiger partial charge in [-0.1, -0.05) is 6.92 Å². The average Bonchev–Trinajstić information content (AvgIpc) is 2.89. The van der Waals surface area contributed by atoms with Crippen LogP contribution in [0.15, 0.2) is 21.7 Å². The third-order valence-electron chi connectivity index (χ3n) is 4.40. The maximum Gasteiger partial charge on any atom is 0.194 e. The summed E-state index contributed by atoms with van der Waals surface area (Å²) in [5.74, 6) is 1.50. The summed E-state index contributed by atoms with van der Waals surface area (Å²) in [6.45, 7) is 11.8. The summed E-state index contributed by atoms with van der Waals surface area (Å²) in [5, 5.41) is 3.41. The van der Waals surface area contributed by atoms with Crippen LogP contribution in [-0.2, 0) is 18.3 Å². The van der Waals surface area contributed by atoms with Crippen molar-refractivity contribution in [1.82, 2.24) is 19.7 Å². The van der Waals surface area contributed by atoms with Crippen molar-refractivity contribution in [2.45, 2.75) is 20.4 Å². The number of nitrogens with one attached hydrogen (secondary N) is 1. The standard InChI is InChI=1S/C18H32BrN5O/c1-5-20-18(23(4)14-17-10-16(19)13-22(17)3)21-11-15(2)12-24-6-8-25-9-7-24/h10,13,15H,5-9,11-12,14H2,1-4H3,(H,20,21). The number of hydrogen-bond donors (Lipinski definition) is 1. The maximum atomic E-state index is 5.42. The molecule has 1 saturated heterocycles. The predicted octanol–water partition coefficient (Wildman–Crippen LogP) is 2.15. The van der Waals surface area contributed by atoms with Gasteiger partial charge in [0.15, 0.2) is 5.96 Å². The number of aliphatic imine (C=N–C) groups is 1. The fourth-order valence-corrected chi connectivity index (χ4v) is 3.61. The van der Waals surface area contributed by atoms with Crippen molar-refractivity contribution in [3.8, 4) is 0 Å². The van der Waals surface area contributed by atoms with Crippen LogP contribution in [0.5, 0.6) is 0 Å². The molecule has 1 aliphatic heterocycles. The van der Waals surface area contributed by atoms with Gasteiger partial charge in [0.05, 0.1) is 19.8 Å². The molecular weight excluding hydrogens is 382 g/mol. The van der Waals surface area contributed by atoms with Gasteiger partial charge in [-0.15, -0.1) is 0 Å². The molecule has 0 amide bonds. The van der Waals surface area contributed by atoms with Gasteiger partial charge < -0.3 is 19.5 Å². The molecule has 0 aliphatic carbocycles. The van der Waals surface area contributed by atoms with Crippen LogP contribution >= 0.6 is 15.9 Å². The minimum Gasteiger partial charge on any atom is -0.379 e. The molecule has 1 atom stereocenters. The molecule has 1 aromatic rings. The second kappa shape index (κ2) is 10.2. The number of aryl methyl sites for hydroxylation is 1. The number of nitrogens with zero attached hydrogens (tertiary/aromatic N) is 4. The van der Waals surface area contributed by atoms with Crippen molar-refractivity contribution < 1.29 is 4.74 Å². The molecule has 7 heteroatoms. The minimum absolute atomic E-state index is 0.532. The zero-order valence-corrected chi connectivity index (χ0v) is 17.5. The fraction of sp³-hybridized carbons (Fsp3) is 0.722. The van der Waals surface area contributed by atoms with E-state index in [4.69, 9.17) is 9.73 Å². The molecule has 0 saturated carbocycles. The predicted molar refractivity (Wildman–Crippen MR) is 107 cm³/mol. The lowest BCUT2D eigenvalue weighted by Gasteiger charge is -2.29. The molecule has 2 rings (SSSR count). The van der Waals surface area contributed by atoms with Crippen molar-refractivity contribution in [2.75, 3.05) is 53.0 Å². The van der Waals surface area contributed by atoms with Gasteiger partial charge in [0, 0.05) is 63.2 Å². The molecule has 1 fully saturated rings. The molecule has 0 radical (unpaired) electrons. The van der Waals surface area contributed by atoms with E-state index in [9.17, 15) is 0 Å². The van der Waals surface area contributed by atoms with E-state index >= 15 is 0 Å². The topological polar surface area (TPSA) is 45.0 Å². The van der Waals surface area contributed by atoms with Crippen LogP contribution in [0.2, 0.25) is 0 Å². The van der Waals surface area contributed by atoms with Crippen LogP contribution < -0.4 is 5.32 Å². The summed E-state index contributed by atoms with van der Waals surface area (Å²) in [7, 11) is 4.16. The average molecular weight is 414 g/mol. The van der Waals surface area contributed by atoms with E-state index in [2.05, 4.69) is 75.8 Å². The smallest absolute Gasteiger partial charge is 0.194 e. The van der Waals surface area contributed by atoms with Crippen molar-refractivity contribution in [1.29, 1.82) is 0 Å². The highest BCUT2D eigenvalue weighted by atomic mass is 79.9. The Bertz CT molecular complexity index is 554. The highest BCUT2D eigenvalue weighted by molar-refractivity contribution is 9.10. The highest BCUT2D eigenvalue weighted by Crippen LogP contribution is 2.15. The Labute approximate surface area is 160 Å². The van der Waals surface area contributed by atoms with Gasteiger partial charge in [0.1, 0.15) is 0 Å². The Morgan fingerprint density at radius 3 is 2.76 bits per heavy atom. The van der Waals surface area contributed by atoms with Crippen LogP contribution in [0, 0.1) is 5.92 Å². The Morgan fingerprint density at radius 2 is 2.16 bits per heavy atom. The van der Waals surface area contributed by atoms with Gasteiger partial charge in [0.2, 0.25) is 0 Å². The Balaban J connectivity index is 1.90. The van der Waals surface area contributed by atoms with Gasteiger partial charge in [-0.3, -0.25) is 9.89 Å². The Hall–Kier alpha value is -1.05. The second-order valence-corrected chi connectivity index (χ2v) is 7.75. The van der Waals surface area contributed by atoms with Crippen LogP contribution in [0.1, 0.15) is 19.5 Å². The SMILES string of the molecule is CCNC(=NCC(C)CN1CCOCC1)N(C)Cc1cc(Br)cn1C. The number of rotatable bonds is 7. The number of guanidine groups is 1. The van der Waals surface area contributed by atoms with Crippen molar-refractivity contribution in [3.05, 3.63) is 22.4 Å². The van der Waals surface area contributed by atoms with Crippen molar-refractivity contribution >= 4 is 21.9 Å². The van der Waals surface area contributed by atoms with Crippen LogP contribution in [0.4, 0.5) is 0 Å². The molecule has 0 bridgehead atoms. The summed E-state index contributed by atoms with van der Waals surface area (Å²) >= 11 is 3.54. The lowest BCUT2D eigenvalue weighted by Crippen LogP contribution is -2.41. The molecule has 0 spiro atoms. The van der Waals surface area contributed by atoms with Gasteiger partial charge in [-0.2, -0.15) is 0 Å². The molecule has 6 nitrogen and oxygen atoms in total. The number of aromatic nitrogens is 1. The first-order chi connectivity index (χ1) is 12.0. The molecule has 1 N–H and O–H groups in total. The number of morpholine rings is 1. The molecule has 142 valence electrons. The van der Waals surface area contributed by atoms with Gasteiger partial charge in [0.25, 0.3) is 0 Å². The monoisotopic (exact) mass is 413 g/mol. The molecule has 1 unspecified atom stereocenters. The van der Waals surface area contributed by atoms with E-state index in [-0.39, 0.29) is 0 Å². The van der Waals surface area contributed by atoms with Crippen molar-refractivity contribution in [2.24, 2.45) is 18.0 Å². The number of hydrogen-bond acceptors (Lipinski definition) is 3. The summed E-state index contributed by atoms with van der Waals surface area (Å²) in [4.78, 5) is 9.53. The van der Waals surface area contributed by atoms with E-state index < -0.39 is 0 Å². The minimum atomic E-state index is 0.532. The summed E-state index contributed by atoms with van der Waals surface area (Å²) in [5.41, 5.74) is 1.25. The van der Waals surface area contributed by atoms with Crippen LogP contribution in [0.25, 0.3) is 0 Å². The molecular formula is C18H32BrN5O. The molecule has 0 aromatic carbocycles. The Morgan fingerprint density at radius 1 is 1.44 bits per heavy atom. The summed E-state index contributed by atoms with van der Waals surface area (Å²) in [6.07, 6.45) is 2.08. The largest absolute Gasteiger partial charge is 0.379 e. The van der Waals surface area contributed by atoms with Gasteiger partial charge in [-0.25, -0.2) is 0 Å². The zero-order chi connectivity index (χ0) is 18.2. The quantitative estimate of drug-likeness (QED) is 0.549. The molecule has 1 aliphatic rings. The van der Waals surface area contributed by atoms with E-state index in [0.29, 0.717) is 5.92 Å². The summed E-state index contributed by atoms with van der Waals surface area (Å²) in [6, 6.07) is 2.15. The fourth-order valence-electron chi connectivity index (χ4n) is 3.04.